The highest BCUT2D eigenvalue weighted by molar-refractivity contribution is 5.90. The first kappa shape index (κ1) is 22.4. The number of fused-ring (bicyclic) bond motifs is 1. The van der Waals surface area contributed by atoms with E-state index in [4.69, 9.17) is 9.47 Å². The Bertz CT molecular complexity index is 1250. The molecule has 1 aromatic heterocycles. The van der Waals surface area contributed by atoms with Gasteiger partial charge in [-0.25, -0.2) is 4.79 Å². The van der Waals surface area contributed by atoms with Gasteiger partial charge in [-0.05, 0) is 62.2 Å². The van der Waals surface area contributed by atoms with Crippen LogP contribution in [-0.4, -0.2) is 16.1 Å². The fourth-order valence-corrected chi connectivity index (χ4v) is 3.67. The Morgan fingerprint density at radius 2 is 1.55 bits per heavy atom. The third kappa shape index (κ3) is 6.13. The molecule has 0 aliphatic carbocycles. The van der Waals surface area contributed by atoms with Gasteiger partial charge < -0.3 is 14.0 Å². The van der Waals surface area contributed by atoms with E-state index in [-0.39, 0.29) is 5.97 Å². The van der Waals surface area contributed by atoms with E-state index in [1.165, 1.54) is 11.6 Å². The molecular formula is C29H29NO3. The summed E-state index contributed by atoms with van der Waals surface area (Å²) in [5, 5.41) is 1.06. The summed E-state index contributed by atoms with van der Waals surface area (Å²) in [6.07, 6.45) is 3.31. The van der Waals surface area contributed by atoms with Crippen LogP contribution in [0.5, 0.6) is 5.75 Å². The molecular weight excluding hydrogens is 410 g/mol. The quantitative estimate of drug-likeness (QED) is 0.240. The maximum Gasteiger partial charge on any atom is 0.331 e. The standard InChI is InChI=1S/C29H29NO3/c1-29(2,3)33-28(31)17-14-25-18-24-19-26(32-21-23-12-8-5-9-13-23)15-16-27(24)30(25)20-22-10-6-4-7-11-22/h4-19H,20-21H2,1-3H3/b17-14-. The van der Waals surface area contributed by atoms with Gasteiger partial charge in [0.1, 0.15) is 18.0 Å². The molecule has 33 heavy (non-hydrogen) atoms. The van der Waals surface area contributed by atoms with Crippen molar-refractivity contribution in [2.45, 2.75) is 39.5 Å². The van der Waals surface area contributed by atoms with Crippen LogP contribution in [0.15, 0.2) is 91.0 Å². The molecule has 4 rings (SSSR count). The molecule has 0 aliphatic rings. The molecule has 0 amide bonds. The van der Waals surface area contributed by atoms with Gasteiger partial charge >= 0.3 is 5.97 Å². The van der Waals surface area contributed by atoms with Crippen molar-refractivity contribution in [2.24, 2.45) is 0 Å². The number of rotatable bonds is 7. The summed E-state index contributed by atoms with van der Waals surface area (Å²) in [5.41, 5.74) is 3.80. The molecule has 0 N–H and O–H groups in total. The average Bonchev–Trinajstić information content (AvgIpc) is 3.13. The second-order valence-corrected chi connectivity index (χ2v) is 9.00. The van der Waals surface area contributed by atoms with Gasteiger partial charge in [-0.3, -0.25) is 0 Å². The molecule has 4 aromatic rings. The Morgan fingerprint density at radius 3 is 2.21 bits per heavy atom. The average molecular weight is 440 g/mol. The first-order chi connectivity index (χ1) is 15.9. The van der Waals surface area contributed by atoms with Gasteiger partial charge in [-0.2, -0.15) is 0 Å². The second kappa shape index (κ2) is 9.78. The summed E-state index contributed by atoms with van der Waals surface area (Å²) in [6, 6.07) is 28.6. The van der Waals surface area contributed by atoms with Gasteiger partial charge in [0.15, 0.2) is 0 Å². The number of benzene rings is 3. The van der Waals surface area contributed by atoms with Crippen molar-refractivity contribution < 1.29 is 14.3 Å². The van der Waals surface area contributed by atoms with Crippen LogP contribution >= 0.6 is 0 Å². The van der Waals surface area contributed by atoms with Crippen LogP contribution in [0.2, 0.25) is 0 Å². The minimum atomic E-state index is -0.525. The fraction of sp³-hybridized carbons (Fsp3) is 0.207. The van der Waals surface area contributed by atoms with Crippen LogP contribution in [0.4, 0.5) is 0 Å². The highest BCUT2D eigenvalue weighted by atomic mass is 16.6. The Labute approximate surface area is 195 Å². The van der Waals surface area contributed by atoms with Crippen molar-refractivity contribution >= 4 is 22.9 Å². The minimum absolute atomic E-state index is 0.356. The number of nitrogens with zero attached hydrogens (tertiary/aromatic N) is 1. The van der Waals surface area contributed by atoms with Gasteiger partial charge in [0.05, 0.1) is 0 Å². The van der Waals surface area contributed by atoms with Gasteiger partial charge in [0, 0.05) is 29.2 Å². The van der Waals surface area contributed by atoms with Crippen LogP contribution in [-0.2, 0) is 22.7 Å². The first-order valence-corrected chi connectivity index (χ1v) is 11.1. The zero-order valence-electron chi connectivity index (χ0n) is 19.3. The molecule has 0 atom stereocenters. The predicted octanol–water partition coefficient (Wildman–Crippen LogP) is 6.62. The Balaban J connectivity index is 1.63. The number of carbonyl (C=O) groups is 1. The molecule has 0 unspecified atom stereocenters. The van der Waals surface area contributed by atoms with Crippen LogP contribution in [0.1, 0.15) is 37.6 Å². The summed E-state index contributed by atoms with van der Waals surface area (Å²) in [4.78, 5) is 12.3. The molecule has 0 radical (unpaired) electrons. The zero-order chi connectivity index (χ0) is 23.3. The van der Waals surface area contributed by atoms with Crippen molar-refractivity contribution in [1.82, 2.24) is 4.57 Å². The molecule has 0 aliphatic heterocycles. The molecule has 168 valence electrons. The molecule has 0 bridgehead atoms. The number of esters is 1. The van der Waals surface area contributed by atoms with Crippen LogP contribution in [0.25, 0.3) is 17.0 Å². The lowest BCUT2D eigenvalue weighted by Gasteiger charge is -2.18. The molecule has 0 fully saturated rings. The Morgan fingerprint density at radius 1 is 0.879 bits per heavy atom. The molecule has 4 heteroatoms. The van der Waals surface area contributed by atoms with E-state index >= 15 is 0 Å². The second-order valence-electron chi connectivity index (χ2n) is 9.00. The summed E-state index contributed by atoms with van der Waals surface area (Å²) in [6.45, 7) is 6.80. The zero-order valence-corrected chi connectivity index (χ0v) is 19.3. The maximum atomic E-state index is 12.3. The Hall–Kier alpha value is -3.79. The maximum absolute atomic E-state index is 12.3. The molecule has 3 aromatic carbocycles. The fourth-order valence-electron chi connectivity index (χ4n) is 3.67. The lowest BCUT2D eigenvalue weighted by Crippen LogP contribution is -2.22. The van der Waals surface area contributed by atoms with Crippen molar-refractivity contribution in [1.29, 1.82) is 0 Å². The van der Waals surface area contributed by atoms with Gasteiger partial charge in [0.25, 0.3) is 0 Å². The van der Waals surface area contributed by atoms with E-state index in [1.54, 1.807) is 0 Å². The highest BCUT2D eigenvalue weighted by Crippen LogP contribution is 2.27. The normalized spacial score (nSPS) is 11.7. The van der Waals surface area contributed by atoms with Crippen LogP contribution < -0.4 is 4.74 Å². The third-order valence-corrected chi connectivity index (χ3v) is 5.13. The Kier molecular flexibility index (Phi) is 6.64. The number of hydrogen-bond donors (Lipinski definition) is 0. The van der Waals surface area contributed by atoms with E-state index in [9.17, 15) is 4.79 Å². The number of ether oxygens (including phenoxy) is 2. The van der Waals surface area contributed by atoms with E-state index in [0.29, 0.717) is 13.2 Å². The summed E-state index contributed by atoms with van der Waals surface area (Å²) < 4.78 is 13.6. The van der Waals surface area contributed by atoms with E-state index in [2.05, 4.69) is 41.0 Å². The number of aromatic nitrogens is 1. The van der Waals surface area contributed by atoms with Crippen molar-refractivity contribution in [3.63, 3.8) is 0 Å². The van der Waals surface area contributed by atoms with Gasteiger partial charge in [0.2, 0.25) is 0 Å². The van der Waals surface area contributed by atoms with E-state index < -0.39 is 5.60 Å². The minimum Gasteiger partial charge on any atom is -0.489 e. The predicted molar refractivity (Wildman–Crippen MR) is 133 cm³/mol. The van der Waals surface area contributed by atoms with E-state index in [0.717, 1.165) is 27.9 Å². The molecule has 4 nitrogen and oxygen atoms in total. The SMILES string of the molecule is CC(C)(C)OC(=O)/C=C\c1cc2cc(OCc3ccccc3)ccc2n1Cc1ccccc1. The molecule has 0 saturated carbocycles. The van der Waals surface area contributed by atoms with Crippen molar-refractivity contribution in [3.8, 4) is 5.75 Å². The topological polar surface area (TPSA) is 40.5 Å². The van der Waals surface area contributed by atoms with Crippen molar-refractivity contribution in [2.75, 3.05) is 0 Å². The third-order valence-electron chi connectivity index (χ3n) is 5.13. The summed E-state index contributed by atoms with van der Waals surface area (Å²) >= 11 is 0. The molecule has 0 saturated heterocycles. The van der Waals surface area contributed by atoms with Crippen LogP contribution in [0, 0.1) is 0 Å². The van der Waals surface area contributed by atoms with E-state index in [1.807, 2.05) is 75.4 Å². The monoisotopic (exact) mass is 439 g/mol. The molecule has 1 heterocycles. The molecule has 0 spiro atoms. The lowest BCUT2D eigenvalue weighted by molar-refractivity contribution is -0.148. The highest BCUT2D eigenvalue weighted by Gasteiger charge is 2.15. The summed E-state index contributed by atoms with van der Waals surface area (Å²) in [5.74, 6) is 0.455. The van der Waals surface area contributed by atoms with Gasteiger partial charge in [-0.15, -0.1) is 0 Å². The van der Waals surface area contributed by atoms with Crippen LogP contribution in [0.3, 0.4) is 0 Å². The largest absolute Gasteiger partial charge is 0.489 e. The summed E-state index contributed by atoms with van der Waals surface area (Å²) in [7, 11) is 0. The number of hydrogen-bond acceptors (Lipinski definition) is 3. The smallest absolute Gasteiger partial charge is 0.331 e. The lowest BCUT2D eigenvalue weighted by atomic mass is 10.2. The number of carbonyl (C=O) groups excluding carboxylic acids is 1. The van der Waals surface area contributed by atoms with Crippen molar-refractivity contribution in [3.05, 3.63) is 108 Å². The first-order valence-electron chi connectivity index (χ1n) is 11.1. The van der Waals surface area contributed by atoms with Gasteiger partial charge in [-0.1, -0.05) is 60.7 Å².